The largest absolute Gasteiger partial charge is 0.451 e. The molecule has 24 heavy (non-hydrogen) atoms. The zero-order valence-electron chi connectivity index (χ0n) is 13.9. The van der Waals surface area contributed by atoms with Crippen LogP contribution in [-0.2, 0) is 6.54 Å². The van der Waals surface area contributed by atoms with E-state index < -0.39 is 0 Å². The molecule has 1 aromatic heterocycles. The Morgan fingerprint density at radius 3 is 2.54 bits per heavy atom. The molecule has 0 aliphatic carbocycles. The summed E-state index contributed by atoms with van der Waals surface area (Å²) in [4.78, 5) is 14.5. The summed E-state index contributed by atoms with van der Waals surface area (Å²) in [6.07, 6.45) is 0. The van der Waals surface area contributed by atoms with Crippen molar-refractivity contribution in [2.75, 3.05) is 19.0 Å². The van der Waals surface area contributed by atoms with Crippen molar-refractivity contribution in [3.05, 3.63) is 63.8 Å². The highest BCUT2D eigenvalue weighted by Crippen LogP contribution is 2.28. The normalized spacial score (nSPS) is 10.8. The molecule has 124 valence electrons. The average molecular weight is 387 g/mol. The molecule has 0 atom stereocenters. The number of benzene rings is 2. The van der Waals surface area contributed by atoms with Gasteiger partial charge in [0.15, 0.2) is 5.76 Å². The summed E-state index contributed by atoms with van der Waals surface area (Å²) in [5.74, 6) is 0.171. The van der Waals surface area contributed by atoms with Crippen molar-refractivity contribution in [1.82, 2.24) is 5.32 Å². The van der Waals surface area contributed by atoms with E-state index >= 15 is 0 Å². The fraction of sp³-hybridized carbons (Fsp3) is 0.211. The van der Waals surface area contributed by atoms with Crippen molar-refractivity contribution >= 4 is 38.5 Å². The maximum Gasteiger partial charge on any atom is 0.287 e. The SMILES string of the molecule is Cc1c(C(=O)NCc2ccc(N(C)C)cc2)oc2ccc(Br)cc12. The first-order valence-corrected chi connectivity index (χ1v) is 8.48. The highest BCUT2D eigenvalue weighted by molar-refractivity contribution is 9.10. The van der Waals surface area contributed by atoms with Gasteiger partial charge in [0.25, 0.3) is 5.91 Å². The number of anilines is 1. The molecule has 0 spiro atoms. The van der Waals surface area contributed by atoms with Gasteiger partial charge in [0.1, 0.15) is 5.58 Å². The summed E-state index contributed by atoms with van der Waals surface area (Å²) in [5, 5.41) is 3.87. The number of carbonyl (C=O) groups excluding carboxylic acids is 1. The number of fused-ring (bicyclic) bond motifs is 1. The Morgan fingerprint density at radius 2 is 1.88 bits per heavy atom. The van der Waals surface area contributed by atoms with Crippen LogP contribution in [0.15, 0.2) is 51.4 Å². The summed E-state index contributed by atoms with van der Waals surface area (Å²) < 4.78 is 6.68. The molecular formula is C19H19BrN2O2. The number of aryl methyl sites for hydroxylation is 1. The van der Waals surface area contributed by atoms with E-state index in [1.807, 2.05) is 68.4 Å². The molecular weight excluding hydrogens is 368 g/mol. The number of carbonyl (C=O) groups is 1. The van der Waals surface area contributed by atoms with Crippen molar-refractivity contribution < 1.29 is 9.21 Å². The third-order valence-corrected chi connectivity index (χ3v) is 4.50. The van der Waals surface area contributed by atoms with E-state index in [-0.39, 0.29) is 5.91 Å². The van der Waals surface area contributed by atoms with Crippen molar-refractivity contribution in [2.24, 2.45) is 0 Å². The van der Waals surface area contributed by atoms with E-state index in [9.17, 15) is 4.79 Å². The Kier molecular flexibility index (Phi) is 4.62. The van der Waals surface area contributed by atoms with E-state index in [2.05, 4.69) is 21.2 Å². The van der Waals surface area contributed by atoms with Crippen LogP contribution in [0.2, 0.25) is 0 Å². The standard InChI is InChI=1S/C19H19BrN2O2/c1-12-16-10-14(20)6-9-17(16)24-18(12)19(23)21-11-13-4-7-15(8-5-13)22(2)3/h4-10H,11H2,1-3H3,(H,21,23). The summed E-state index contributed by atoms with van der Waals surface area (Å²) in [7, 11) is 4.00. The first-order chi connectivity index (χ1) is 11.5. The van der Waals surface area contributed by atoms with Gasteiger partial charge in [-0.3, -0.25) is 4.79 Å². The lowest BCUT2D eigenvalue weighted by Gasteiger charge is -2.12. The molecule has 0 unspecified atom stereocenters. The second-order valence-corrected chi connectivity index (χ2v) is 6.86. The fourth-order valence-corrected chi connectivity index (χ4v) is 2.95. The number of halogens is 1. The lowest BCUT2D eigenvalue weighted by atomic mass is 10.1. The molecule has 0 saturated carbocycles. The molecule has 5 heteroatoms. The third kappa shape index (κ3) is 3.31. The van der Waals surface area contributed by atoms with E-state index in [1.54, 1.807) is 0 Å². The van der Waals surface area contributed by atoms with Gasteiger partial charge in [0, 0.05) is 41.7 Å². The minimum absolute atomic E-state index is 0.198. The molecule has 1 amide bonds. The Bertz CT molecular complexity index is 882. The van der Waals surface area contributed by atoms with Gasteiger partial charge in [-0.1, -0.05) is 28.1 Å². The topological polar surface area (TPSA) is 45.5 Å². The number of rotatable bonds is 4. The Balaban J connectivity index is 1.74. The van der Waals surface area contributed by atoms with Gasteiger partial charge < -0.3 is 14.6 Å². The monoisotopic (exact) mass is 386 g/mol. The highest BCUT2D eigenvalue weighted by atomic mass is 79.9. The molecule has 3 rings (SSSR count). The minimum Gasteiger partial charge on any atom is -0.451 e. The van der Waals surface area contributed by atoms with E-state index in [4.69, 9.17) is 4.42 Å². The van der Waals surface area contributed by atoms with Crippen LogP contribution in [0.3, 0.4) is 0 Å². The van der Waals surface area contributed by atoms with Gasteiger partial charge >= 0.3 is 0 Å². The molecule has 0 saturated heterocycles. The maximum absolute atomic E-state index is 12.4. The number of hydrogen-bond donors (Lipinski definition) is 1. The molecule has 1 heterocycles. The van der Waals surface area contributed by atoms with Crippen LogP contribution in [0, 0.1) is 6.92 Å². The molecule has 0 bridgehead atoms. The van der Waals surface area contributed by atoms with Gasteiger partial charge in [0.05, 0.1) is 0 Å². The number of nitrogens with one attached hydrogen (secondary N) is 1. The predicted octanol–water partition coefficient (Wildman–Crippen LogP) is 4.50. The lowest BCUT2D eigenvalue weighted by molar-refractivity contribution is 0.0924. The van der Waals surface area contributed by atoms with Crippen LogP contribution in [0.4, 0.5) is 5.69 Å². The first-order valence-electron chi connectivity index (χ1n) is 7.69. The first kappa shape index (κ1) is 16.6. The molecule has 0 fully saturated rings. The minimum atomic E-state index is -0.198. The van der Waals surface area contributed by atoms with Crippen molar-refractivity contribution in [3.63, 3.8) is 0 Å². The molecule has 3 aromatic rings. The lowest BCUT2D eigenvalue weighted by Crippen LogP contribution is -2.23. The summed E-state index contributed by atoms with van der Waals surface area (Å²) in [6, 6.07) is 13.8. The fourth-order valence-electron chi connectivity index (χ4n) is 2.58. The number of hydrogen-bond acceptors (Lipinski definition) is 3. The third-order valence-electron chi connectivity index (χ3n) is 4.01. The Labute approximate surface area is 149 Å². The number of nitrogens with zero attached hydrogens (tertiary/aromatic N) is 1. The molecule has 4 nitrogen and oxygen atoms in total. The molecule has 0 aliphatic rings. The van der Waals surface area contributed by atoms with E-state index in [0.29, 0.717) is 12.3 Å². The Hall–Kier alpha value is -2.27. The Morgan fingerprint density at radius 1 is 1.17 bits per heavy atom. The zero-order valence-corrected chi connectivity index (χ0v) is 15.5. The molecule has 2 aromatic carbocycles. The predicted molar refractivity (Wildman–Crippen MR) is 101 cm³/mol. The van der Waals surface area contributed by atoms with Crippen LogP contribution in [0.5, 0.6) is 0 Å². The van der Waals surface area contributed by atoms with Crippen LogP contribution in [0.25, 0.3) is 11.0 Å². The quantitative estimate of drug-likeness (QED) is 0.717. The highest BCUT2D eigenvalue weighted by Gasteiger charge is 2.17. The molecule has 0 aliphatic heterocycles. The van der Waals surface area contributed by atoms with Gasteiger partial charge in [0.2, 0.25) is 0 Å². The van der Waals surface area contributed by atoms with Gasteiger partial charge in [-0.05, 0) is 42.8 Å². The van der Waals surface area contributed by atoms with Crippen LogP contribution < -0.4 is 10.2 Å². The molecule has 1 N–H and O–H groups in total. The second-order valence-electron chi connectivity index (χ2n) is 5.94. The van der Waals surface area contributed by atoms with Crippen molar-refractivity contribution in [1.29, 1.82) is 0 Å². The smallest absolute Gasteiger partial charge is 0.287 e. The maximum atomic E-state index is 12.4. The van der Waals surface area contributed by atoms with Crippen LogP contribution in [-0.4, -0.2) is 20.0 Å². The average Bonchev–Trinajstić information content (AvgIpc) is 2.89. The van der Waals surface area contributed by atoms with Gasteiger partial charge in [-0.15, -0.1) is 0 Å². The van der Waals surface area contributed by atoms with Crippen molar-refractivity contribution in [3.8, 4) is 0 Å². The zero-order chi connectivity index (χ0) is 17.3. The molecule has 0 radical (unpaired) electrons. The van der Waals surface area contributed by atoms with E-state index in [1.165, 1.54) is 0 Å². The van der Waals surface area contributed by atoms with Gasteiger partial charge in [-0.25, -0.2) is 0 Å². The van der Waals surface area contributed by atoms with E-state index in [0.717, 1.165) is 32.3 Å². The van der Waals surface area contributed by atoms with Crippen LogP contribution in [0.1, 0.15) is 21.7 Å². The summed E-state index contributed by atoms with van der Waals surface area (Å²) in [5.41, 5.74) is 3.75. The van der Waals surface area contributed by atoms with Gasteiger partial charge in [-0.2, -0.15) is 0 Å². The number of amides is 1. The van der Waals surface area contributed by atoms with Crippen LogP contribution >= 0.6 is 15.9 Å². The number of furan rings is 1. The second kappa shape index (κ2) is 6.69. The summed E-state index contributed by atoms with van der Waals surface area (Å²) >= 11 is 3.44. The van der Waals surface area contributed by atoms with Crippen molar-refractivity contribution in [2.45, 2.75) is 13.5 Å². The summed E-state index contributed by atoms with van der Waals surface area (Å²) in [6.45, 7) is 2.37.